The van der Waals surface area contributed by atoms with E-state index in [9.17, 15) is 9.90 Å². The number of carbonyl (C=O) groups is 1. The second-order valence-corrected chi connectivity index (χ2v) is 10.5. The number of phenolic OH excluding ortho intramolecular Hbond substituents is 1. The topological polar surface area (TPSA) is 43.8 Å². The number of carbonyl (C=O) groups excluding carboxylic acids is 1. The van der Waals surface area contributed by atoms with Gasteiger partial charge in [-0.05, 0) is 60.0 Å². The molecule has 1 aliphatic heterocycles. The number of halogens is 3. The summed E-state index contributed by atoms with van der Waals surface area (Å²) in [6.45, 7) is 11.5. The van der Waals surface area contributed by atoms with Crippen molar-refractivity contribution in [2.24, 2.45) is 0 Å². The fourth-order valence-corrected chi connectivity index (χ4v) is 5.24. The number of allylic oxidation sites excluding steroid dienone is 4. The smallest absolute Gasteiger partial charge is 0.227 e. The van der Waals surface area contributed by atoms with Gasteiger partial charge in [0.2, 0.25) is 5.91 Å². The highest BCUT2D eigenvalue weighted by Gasteiger charge is 2.32. The van der Waals surface area contributed by atoms with Crippen LogP contribution in [0.25, 0.3) is 5.57 Å². The fourth-order valence-electron chi connectivity index (χ4n) is 4.60. The number of aromatic hydroxyl groups is 1. The van der Waals surface area contributed by atoms with E-state index in [0.29, 0.717) is 34.7 Å². The molecule has 1 saturated heterocycles. The Morgan fingerprint density at radius 1 is 0.975 bits per heavy atom. The third kappa shape index (κ3) is 7.94. The number of hydrogen-bond donors (Lipinski definition) is 1. The molecule has 0 bridgehead atoms. The van der Waals surface area contributed by atoms with Crippen LogP contribution < -0.4 is 4.90 Å². The molecule has 40 heavy (non-hydrogen) atoms. The number of anilines is 1. The number of amides is 1. The summed E-state index contributed by atoms with van der Waals surface area (Å²) in [5.74, 6) is 0.239. The molecule has 210 valence electrons. The molecule has 1 atom stereocenters. The largest absolute Gasteiger partial charge is 0.507 e. The van der Waals surface area contributed by atoms with E-state index >= 15 is 0 Å². The van der Waals surface area contributed by atoms with Gasteiger partial charge in [-0.15, -0.1) is 0 Å². The van der Waals surface area contributed by atoms with Crippen LogP contribution in [0, 0.1) is 0 Å². The van der Waals surface area contributed by atoms with Gasteiger partial charge < -0.3 is 14.9 Å². The minimum atomic E-state index is -0.108. The van der Waals surface area contributed by atoms with Gasteiger partial charge in [0, 0.05) is 35.2 Å². The van der Waals surface area contributed by atoms with Gasteiger partial charge in [-0.1, -0.05) is 104 Å². The molecular weight excluding hydrogens is 563 g/mol. The zero-order valence-corrected chi connectivity index (χ0v) is 25.3. The molecule has 1 amide bonds. The molecule has 3 aromatic carbocycles. The normalized spacial score (nSPS) is 15.8. The highest BCUT2D eigenvalue weighted by molar-refractivity contribution is 6.36. The predicted molar refractivity (Wildman–Crippen MR) is 171 cm³/mol. The van der Waals surface area contributed by atoms with E-state index in [1.165, 1.54) is 0 Å². The Bertz CT molecular complexity index is 1380. The minimum Gasteiger partial charge on any atom is -0.507 e. The second-order valence-electron chi connectivity index (χ2n) is 9.19. The Kier molecular flexibility index (Phi) is 11.8. The van der Waals surface area contributed by atoms with E-state index in [2.05, 4.69) is 11.5 Å². The SMILES string of the molecule is C=C/C(=C\C=C(/C)c1ccccc1O)CC(=O)N1CCN(c2ccc(Cl)cc2Cl)C(c2ccc(Cl)cc2)C1.CC. The highest BCUT2D eigenvalue weighted by Crippen LogP contribution is 2.37. The molecule has 1 aliphatic rings. The van der Waals surface area contributed by atoms with Gasteiger partial charge in [0.15, 0.2) is 0 Å². The van der Waals surface area contributed by atoms with Crippen molar-refractivity contribution in [1.29, 1.82) is 0 Å². The molecule has 0 aliphatic carbocycles. The minimum absolute atomic E-state index is 0.0191. The van der Waals surface area contributed by atoms with Gasteiger partial charge in [0.25, 0.3) is 0 Å². The van der Waals surface area contributed by atoms with Crippen LogP contribution in [0.4, 0.5) is 5.69 Å². The van der Waals surface area contributed by atoms with Crippen molar-refractivity contribution in [3.05, 3.63) is 123 Å². The first-order valence-corrected chi connectivity index (χ1v) is 14.4. The van der Waals surface area contributed by atoms with Crippen molar-refractivity contribution in [2.75, 3.05) is 24.5 Å². The molecule has 7 heteroatoms. The lowest BCUT2D eigenvalue weighted by Crippen LogP contribution is -2.50. The molecule has 0 saturated carbocycles. The van der Waals surface area contributed by atoms with Crippen LogP contribution in [0.3, 0.4) is 0 Å². The molecule has 0 spiro atoms. The van der Waals surface area contributed by atoms with Crippen LogP contribution in [0.2, 0.25) is 15.1 Å². The fraction of sp³-hybridized carbons (Fsp3) is 0.242. The van der Waals surface area contributed by atoms with Gasteiger partial charge in [0.1, 0.15) is 5.75 Å². The number of benzene rings is 3. The summed E-state index contributed by atoms with van der Waals surface area (Å²) in [6.07, 6.45) is 5.71. The Morgan fingerprint density at radius 3 is 2.30 bits per heavy atom. The number of rotatable bonds is 7. The lowest BCUT2D eigenvalue weighted by Gasteiger charge is -2.43. The summed E-state index contributed by atoms with van der Waals surface area (Å²) < 4.78 is 0. The molecule has 1 N–H and O–H groups in total. The van der Waals surface area contributed by atoms with Gasteiger partial charge in [-0.2, -0.15) is 0 Å². The Labute approximate surface area is 252 Å². The number of para-hydroxylation sites is 1. The summed E-state index contributed by atoms with van der Waals surface area (Å²) in [5.41, 5.74) is 4.36. The summed E-state index contributed by atoms with van der Waals surface area (Å²) >= 11 is 18.9. The van der Waals surface area contributed by atoms with Crippen LogP contribution in [-0.2, 0) is 4.79 Å². The first kappa shape index (κ1) is 31.3. The van der Waals surface area contributed by atoms with Crippen LogP contribution in [0.5, 0.6) is 5.75 Å². The monoisotopic (exact) mass is 596 g/mol. The van der Waals surface area contributed by atoms with Gasteiger partial charge in [0.05, 0.1) is 23.2 Å². The molecular formula is C33H35Cl3N2O2. The Morgan fingerprint density at radius 2 is 1.65 bits per heavy atom. The lowest BCUT2D eigenvalue weighted by molar-refractivity contribution is -0.131. The average molecular weight is 598 g/mol. The third-order valence-electron chi connectivity index (χ3n) is 6.70. The average Bonchev–Trinajstić information content (AvgIpc) is 2.96. The molecule has 1 heterocycles. The third-order valence-corrected chi connectivity index (χ3v) is 7.49. The van der Waals surface area contributed by atoms with E-state index in [1.54, 1.807) is 24.3 Å². The predicted octanol–water partition coefficient (Wildman–Crippen LogP) is 9.37. The van der Waals surface area contributed by atoms with Crippen molar-refractivity contribution in [3.8, 4) is 5.75 Å². The van der Waals surface area contributed by atoms with Crippen molar-refractivity contribution < 1.29 is 9.90 Å². The van der Waals surface area contributed by atoms with Crippen molar-refractivity contribution >= 4 is 52.0 Å². The van der Waals surface area contributed by atoms with E-state index in [4.69, 9.17) is 34.8 Å². The van der Waals surface area contributed by atoms with Crippen molar-refractivity contribution in [3.63, 3.8) is 0 Å². The molecule has 4 nitrogen and oxygen atoms in total. The van der Waals surface area contributed by atoms with Crippen LogP contribution in [0.15, 0.2) is 97.1 Å². The molecule has 0 aromatic heterocycles. The van der Waals surface area contributed by atoms with E-state index in [-0.39, 0.29) is 24.1 Å². The number of nitrogens with zero attached hydrogens (tertiary/aromatic N) is 2. The highest BCUT2D eigenvalue weighted by atomic mass is 35.5. The lowest BCUT2D eigenvalue weighted by atomic mass is 10.00. The first-order chi connectivity index (χ1) is 19.3. The summed E-state index contributed by atoms with van der Waals surface area (Å²) in [7, 11) is 0. The van der Waals surface area contributed by atoms with Gasteiger partial charge in [-0.25, -0.2) is 0 Å². The zero-order valence-electron chi connectivity index (χ0n) is 23.1. The van der Waals surface area contributed by atoms with E-state index in [0.717, 1.165) is 28.0 Å². The molecule has 0 radical (unpaired) electrons. The summed E-state index contributed by atoms with van der Waals surface area (Å²) in [4.78, 5) is 17.5. The number of phenols is 1. The second kappa shape index (κ2) is 15.0. The molecule has 4 rings (SSSR count). The van der Waals surface area contributed by atoms with Crippen LogP contribution in [-0.4, -0.2) is 35.5 Å². The van der Waals surface area contributed by atoms with Gasteiger partial charge >= 0.3 is 0 Å². The Balaban J connectivity index is 0.00000216. The van der Waals surface area contributed by atoms with E-state index in [1.807, 2.05) is 86.4 Å². The van der Waals surface area contributed by atoms with Crippen molar-refractivity contribution in [1.82, 2.24) is 4.90 Å². The van der Waals surface area contributed by atoms with E-state index < -0.39 is 0 Å². The maximum absolute atomic E-state index is 13.4. The number of hydrogen-bond acceptors (Lipinski definition) is 3. The standard InChI is InChI=1S/C31H29Cl3N2O2.C2H6/c1-3-22(9-8-21(2)26-6-4-5-7-30(26)37)18-31(38)35-16-17-36(28-15-14-25(33)19-27(28)34)29(20-35)23-10-12-24(32)13-11-23;1-2/h3-15,19,29,37H,1,16-18,20H2,2H3;1-2H3/b21-8+,22-9+;. The maximum Gasteiger partial charge on any atom is 0.227 e. The molecule has 1 fully saturated rings. The first-order valence-electron chi connectivity index (χ1n) is 13.3. The van der Waals surface area contributed by atoms with Crippen molar-refractivity contribution in [2.45, 2.75) is 33.2 Å². The van der Waals surface area contributed by atoms with Crippen LogP contribution in [0.1, 0.15) is 44.4 Å². The molecule has 1 unspecified atom stereocenters. The maximum atomic E-state index is 13.4. The Hall–Kier alpha value is -3.18. The van der Waals surface area contributed by atoms with Gasteiger partial charge in [-0.3, -0.25) is 4.79 Å². The quantitative estimate of drug-likeness (QED) is 0.276. The zero-order chi connectivity index (χ0) is 29.2. The summed E-state index contributed by atoms with van der Waals surface area (Å²) in [5, 5.41) is 11.9. The summed E-state index contributed by atoms with van der Waals surface area (Å²) in [6, 6.07) is 20.2. The molecule has 3 aromatic rings. The van der Waals surface area contributed by atoms with Crippen LogP contribution >= 0.6 is 34.8 Å². The number of piperazine rings is 1.